The normalized spacial score (nSPS) is 15.5. The lowest BCUT2D eigenvalue weighted by molar-refractivity contribution is 0.355. The topological polar surface area (TPSA) is 47.5 Å². The maximum atomic E-state index is 6.34. The van der Waals surface area contributed by atoms with Gasteiger partial charge in [0.2, 0.25) is 5.28 Å². The zero-order valence-corrected chi connectivity index (χ0v) is 18.4. The van der Waals surface area contributed by atoms with E-state index in [1.54, 1.807) is 25.6 Å². The lowest BCUT2D eigenvalue weighted by atomic mass is 10.0. The molecule has 0 saturated heterocycles. The predicted molar refractivity (Wildman–Crippen MR) is 123 cm³/mol. The fraction of sp³-hybridized carbons (Fsp3) is 0.217. The monoisotopic (exact) mass is 437 g/mol. The van der Waals surface area contributed by atoms with Crippen LogP contribution in [0, 0.1) is 0 Å². The molecule has 0 aliphatic carbocycles. The highest BCUT2D eigenvalue weighted by atomic mass is 35.5. The summed E-state index contributed by atoms with van der Waals surface area (Å²) in [7, 11) is 3.28. The standard InChI is InChI=1S/C23H20ClN3O2S/c1-13-10-15-6-4-5-7-17(15)27(13)21-20-16(12-30-22(20)26-23(24)25-21)14-8-9-18(28-2)19(11-14)29-3/h4-9,11-13H,10H2,1-3H3. The van der Waals surface area contributed by atoms with Crippen molar-refractivity contribution in [3.63, 3.8) is 0 Å². The molecule has 0 bridgehead atoms. The summed E-state index contributed by atoms with van der Waals surface area (Å²) < 4.78 is 10.9. The van der Waals surface area contributed by atoms with Crippen molar-refractivity contribution in [2.24, 2.45) is 0 Å². The number of thiophene rings is 1. The van der Waals surface area contributed by atoms with Gasteiger partial charge in [-0.25, -0.2) is 4.98 Å². The fourth-order valence-electron chi connectivity index (χ4n) is 4.18. The summed E-state index contributed by atoms with van der Waals surface area (Å²) >= 11 is 7.91. The first-order valence-electron chi connectivity index (χ1n) is 9.65. The van der Waals surface area contributed by atoms with Gasteiger partial charge in [-0.05, 0) is 54.3 Å². The van der Waals surface area contributed by atoms with E-state index in [9.17, 15) is 0 Å². The number of ether oxygens (including phenoxy) is 2. The summed E-state index contributed by atoms with van der Waals surface area (Å²) in [4.78, 5) is 12.3. The second-order valence-corrected chi connectivity index (χ2v) is 8.46. The second kappa shape index (κ2) is 7.45. The number of nitrogens with zero attached hydrogens (tertiary/aromatic N) is 3. The van der Waals surface area contributed by atoms with Gasteiger partial charge in [-0.1, -0.05) is 24.3 Å². The van der Waals surface area contributed by atoms with Gasteiger partial charge < -0.3 is 14.4 Å². The van der Waals surface area contributed by atoms with Crippen molar-refractivity contribution in [3.8, 4) is 22.6 Å². The van der Waals surface area contributed by atoms with Crippen LogP contribution >= 0.6 is 22.9 Å². The van der Waals surface area contributed by atoms with Crippen LogP contribution in [0.5, 0.6) is 11.5 Å². The minimum absolute atomic E-state index is 0.259. The molecular weight excluding hydrogens is 418 g/mol. The Morgan fingerprint density at radius 2 is 1.87 bits per heavy atom. The summed E-state index contributed by atoms with van der Waals surface area (Å²) in [6.45, 7) is 2.21. The van der Waals surface area contributed by atoms with Crippen LogP contribution in [0.2, 0.25) is 5.28 Å². The van der Waals surface area contributed by atoms with Gasteiger partial charge in [0.15, 0.2) is 11.5 Å². The molecule has 0 fully saturated rings. The van der Waals surface area contributed by atoms with Crippen molar-refractivity contribution in [1.82, 2.24) is 9.97 Å². The highest BCUT2D eigenvalue weighted by molar-refractivity contribution is 7.17. The smallest absolute Gasteiger partial charge is 0.225 e. The lowest BCUT2D eigenvalue weighted by Gasteiger charge is -2.25. The Balaban J connectivity index is 1.74. The quantitative estimate of drug-likeness (QED) is 0.360. The predicted octanol–water partition coefficient (Wildman–Crippen LogP) is 6.11. The zero-order valence-electron chi connectivity index (χ0n) is 16.8. The molecule has 3 heterocycles. The summed E-state index contributed by atoms with van der Waals surface area (Å²) in [5.41, 5.74) is 4.56. The first kappa shape index (κ1) is 19.2. The minimum atomic E-state index is 0.259. The highest BCUT2D eigenvalue weighted by Gasteiger charge is 2.31. The third-order valence-electron chi connectivity index (χ3n) is 5.52. The number of hydrogen-bond acceptors (Lipinski definition) is 6. The van der Waals surface area contributed by atoms with Crippen LogP contribution in [0.25, 0.3) is 21.3 Å². The van der Waals surface area contributed by atoms with Gasteiger partial charge in [0.1, 0.15) is 10.6 Å². The van der Waals surface area contributed by atoms with Crippen molar-refractivity contribution in [3.05, 3.63) is 58.7 Å². The molecule has 152 valence electrons. The first-order valence-corrected chi connectivity index (χ1v) is 10.9. The number of halogens is 1. The van der Waals surface area contributed by atoms with E-state index in [-0.39, 0.29) is 11.3 Å². The molecule has 0 radical (unpaired) electrons. The first-order chi connectivity index (χ1) is 14.6. The summed E-state index contributed by atoms with van der Waals surface area (Å²) in [6, 6.07) is 14.7. The van der Waals surface area contributed by atoms with Crippen molar-refractivity contribution in [2.75, 3.05) is 19.1 Å². The van der Waals surface area contributed by atoms with Gasteiger partial charge in [0.05, 0.1) is 19.6 Å². The molecule has 7 heteroatoms. The Morgan fingerprint density at radius 3 is 2.67 bits per heavy atom. The Hall–Kier alpha value is -2.83. The number of rotatable bonds is 4. The van der Waals surface area contributed by atoms with E-state index in [0.717, 1.165) is 33.6 Å². The summed E-state index contributed by atoms with van der Waals surface area (Å²) in [6.07, 6.45) is 0.967. The van der Waals surface area contributed by atoms with Crippen molar-refractivity contribution in [1.29, 1.82) is 0 Å². The molecule has 4 aromatic rings. The number of benzene rings is 2. The van der Waals surface area contributed by atoms with E-state index in [1.807, 2.05) is 18.2 Å². The molecule has 0 amide bonds. The van der Waals surface area contributed by atoms with Crippen LogP contribution < -0.4 is 14.4 Å². The van der Waals surface area contributed by atoms with Gasteiger partial charge >= 0.3 is 0 Å². The SMILES string of the molecule is COc1ccc(-c2csc3nc(Cl)nc(N4c5ccccc5CC4C)c23)cc1OC. The molecule has 2 aromatic carbocycles. The molecule has 2 aromatic heterocycles. The van der Waals surface area contributed by atoms with E-state index in [0.29, 0.717) is 11.5 Å². The van der Waals surface area contributed by atoms with E-state index in [2.05, 4.69) is 46.5 Å². The fourth-order valence-corrected chi connectivity index (χ4v) is 5.33. The molecule has 1 aliphatic heterocycles. The maximum Gasteiger partial charge on any atom is 0.225 e. The third kappa shape index (κ3) is 2.99. The summed E-state index contributed by atoms with van der Waals surface area (Å²) in [5, 5.41) is 3.36. The molecule has 0 N–H and O–H groups in total. The number of hydrogen-bond donors (Lipinski definition) is 0. The third-order valence-corrected chi connectivity index (χ3v) is 6.56. The van der Waals surface area contributed by atoms with E-state index < -0.39 is 0 Å². The average molecular weight is 438 g/mol. The molecule has 1 atom stereocenters. The highest BCUT2D eigenvalue weighted by Crippen LogP contribution is 2.46. The van der Waals surface area contributed by atoms with Crippen LogP contribution in [0.15, 0.2) is 47.8 Å². The van der Waals surface area contributed by atoms with Crippen LogP contribution in [0.4, 0.5) is 11.5 Å². The number of para-hydroxylation sites is 1. The Labute approximate surface area is 183 Å². The van der Waals surface area contributed by atoms with Gasteiger partial charge in [-0.15, -0.1) is 11.3 Å². The molecule has 5 nitrogen and oxygen atoms in total. The Morgan fingerprint density at radius 1 is 1.07 bits per heavy atom. The van der Waals surface area contributed by atoms with Crippen LogP contribution in [-0.4, -0.2) is 30.2 Å². The number of methoxy groups -OCH3 is 2. The number of anilines is 2. The Bertz CT molecular complexity index is 1260. The van der Waals surface area contributed by atoms with E-state index in [1.165, 1.54) is 11.3 Å². The average Bonchev–Trinajstić information content (AvgIpc) is 3.32. The van der Waals surface area contributed by atoms with Gasteiger partial charge in [0.25, 0.3) is 0 Å². The van der Waals surface area contributed by atoms with Gasteiger partial charge in [-0.3, -0.25) is 0 Å². The molecule has 5 rings (SSSR count). The van der Waals surface area contributed by atoms with E-state index >= 15 is 0 Å². The van der Waals surface area contributed by atoms with Gasteiger partial charge in [0, 0.05) is 22.7 Å². The molecule has 0 saturated carbocycles. The molecular formula is C23H20ClN3O2S. The Kier molecular flexibility index (Phi) is 4.76. The largest absolute Gasteiger partial charge is 0.493 e. The summed E-state index contributed by atoms with van der Waals surface area (Å²) in [5.74, 6) is 2.22. The number of fused-ring (bicyclic) bond motifs is 2. The lowest BCUT2D eigenvalue weighted by Crippen LogP contribution is -2.25. The van der Waals surface area contributed by atoms with E-state index in [4.69, 9.17) is 26.1 Å². The maximum absolute atomic E-state index is 6.34. The van der Waals surface area contributed by atoms with Gasteiger partial charge in [-0.2, -0.15) is 4.98 Å². The van der Waals surface area contributed by atoms with Crippen LogP contribution in [0.1, 0.15) is 12.5 Å². The van der Waals surface area contributed by atoms with Crippen molar-refractivity contribution >= 4 is 44.7 Å². The molecule has 30 heavy (non-hydrogen) atoms. The minimum Gasteiger partial charge on any atom is -0.493 e. The van der Waals surface area contributed by atoms with Crippen LogP contribution in [0.3, 0.4) is 0 Å². The molecule has 0 spiro atoms. The zero-order chi connectivity index (χ0) is 20.8. The number of aromatic nitrogens is 2. The second-order valence-electron chi connectivity index (χ2n) is 7.27. The molecule has 1 unspecified atom stereocenters. The van der Waals surface area contributed by atoms with Crippen LogP contribution in [-0.2, 0) is 6.42 Å². The molecule has 1 aliphatic rings. The van der Waals surface area contributed by atoms with Crippen molar-refractivity contribution < 1.29 is 9.47 Å². The van der Waals surface area contributed by atoms with Crippen molar-refractivity contribution in [2.45, 2.75) is 19.4 Å².